The number of benzene rings is 2. The number of amides is 1. The van der Waals surface area contributed by atoms with Crippen LogP contribution < -0.4 is 5.32 Å². The van der Waals surface area contributed by atoms with Gasteiger partial charge in [-0.25, -0.2) is 4.39 Å². The second kappa shape index (κ2) is 8.83. The lowest BCUT2D eigenvalue weighted by molar-refractivity contribution is 0.0976. The summed E-state index contributed by atoms with van der Waals surface area (Å²) in [5.74, 6) is -0.580. The van der Waals surface area contributed by atoms with Gasteiger partial charge in [0.1, 0.15) is 5.82 Å². The standard InChI is InChI=1S/C20H22FNO2S/c1-20(12-7-13-23,16-10-5-6-11-17(16)21)14-18(25)22-19(24)15-8-3-2-4-9-15/h2-6,8-11,23H,7,12-14H2,1H3,(H,22,24,25)/t20-/m1/s1. The van der Waals surface area contributed by atoms with Gasteiger partial charge >= 0.3 is 0 Å². The molecule has 0 unspecified atom stereocenters. The van der Waals surface area contributed by atoms with Gasteiger partial charge in [0.15, 0.2) is 0 Å². The largest absolute Gasteiger partial charge is 0.396 e. The molecule has 132 valence electrons. The number of thiocarbonyl (C=S) groups is 1. The number of hydrogen-bond acceptors (Lipinski definition) is 3. The number of nitrogens with one attached hydrogen (secondary N) is 1. The third-order valence-electron chi connectivity index (χ3n) is 4.25. The molecule has 0 aromatic heterocycles. The third-order valence-corrected chi connectivity index (χ3v) is 4.50. The summed E-state index contributed by atoms with van der Waals surface area (Å²) in [6.07, 6.45) is 1.41. The lowest BCUT2D eigenvalue weighted by Gasteiger charge is -2.31. The average molecular weight is 359 g/mol. The van der Waals surface area contributed by atoms with Crippen molar-refractivity contribution in [3.63, 3.8) is 0 Å². The molecular formula is C20H22FNO2S. The van der Waals surface area contributed by atoms with Crippen LogP contribution in [0.2, 0.25) is 0 Å². The van der Waals surface area contributed by atoms with Gasteiger partial charge in [-0.3, -0.25) is 4.79 Å². The molecule has 0 bridgehead atoms. The molecular weight excluding hydrogens is 337 g/mol. The maximum absolute atomic E-state index is 14.3. The fraction of sp³-hybridized carbons (Fsp3) is 0.300. The first kappa shape index (κ1) is 19.2. The van der Waals surface area contributed by atoms with E-state index in [9.17, 15) is 14.3 Å². The summed E-state index contributed by atoms with van der Waals surface area (Å²) in [5, 5.41) is 11.9. The molecule has 0 spiro atoms. The fourth-order valence-corrected chi connectivity index (χ4v) is 3.34. The number of rotatable bonds is 7. The Bertz CT molecular complexity index is 735. The molecule has 0 saturated carbocycles. The van der Waals surface area contributed by atoms with Crippen LogP contribution in [0.1, 0.15) is 42.1 Å². The Kier molecular flexibility index (Phi) is 6.79. The van der Waals surface area contributed by atoms with Gasteiger partial charge in [-0.15, -0.1) is 0 Å². The van der Waals surface area contributed by atoms with Gasteiger partial charge < -0.3 is 10.4 Å². The van der Waals surface area contributed by atoms with Crippen LogP contribution in [-0.2, 0) is 5.41 Å². The Labute approximate surface area is 152 Å². The fourth-order valence-electron chi connectivity index (χ4n) is 2.93. The molecule has 2 rings (SSSR count). The highest BCUT2D eigenvalue weighted by Gasteiger charge is 2.30. The van der Waals surface area contributed by atoms with Gasteiger partial charge in [-0.05, 0) is 36.6 Å². The SMILES string of the molecule is C[C@@](CCCO)(CC(=S)NC(=O)c1ccccc1)c1ccccc1F. The molecule has 0 saturated heterocycles. The molecule has 0 radical (unpaired) electrons. The van der Waals surface area contributed by atoms with Crippen molar-refractivity contribution >= 4 is 23.1 Å². The molecule has 0 aliphatic rings. The third kappa shape index (κ3) is 5.18. The Morgan fingerprint density at radius 1 is 1.16 bits per heavy atom. The number of carbonyl (C=O) groups excluding carboxylic acids is 1. The van der Waals surface area contributed by atoms with Crippen LogP contribution in [0.15, 0.2) is 54.6 Å². The zero-order valence-corrected chi connectivity index (χ0v) is 15.0. The number of hydrogen-bond donors (Lipinski definition) is 2. The average Bonchev–Trinajstić information content (AvgIpc) is 2.61. The predicted octanol–water partition coefficient (Wildman–Crippen LogP) is 4.00. The Hall–Kier alpha value is -2.11. The zero-order valence-electron chi connectivity index (χ0n) is 14.2. The van der Waals surface area contributed by atoms with Crippen LogP contribution in [0.3, 0.4) is 0 Å². The van der Waals surface area contributed by atoms with Crippen LogP contribution in [0, 0.1) is 5.82 Å². The smallest absolute Gasteiger partial charge is 0.256 e. The molecule has 2 N–H and O–H groups in total. The van der Waals surface area contributed by atoms with E-state index in [4.69, 9.17) is 12.2 Å². The van der Waals surface area contributed by atoms with Crippen LogP contribution in [0.5, 0.6) is 0 Å². The van der Waals surface area contributed by atoms with Gasteiger partial charge in [0.25, 0.3) is 5.91 Å². The second-order valence-electron chi connectivity index (χ2n) is 6.29. The van der Waals surface area contributed by atoms with Gasteiger partial charge in [0.2, 0.25) is 0 Å². The van der Waals surface area contributed by atoms with Crippen molar-refractivity contribution in [3.8, 4) is 0 Å². The van der Waals surface area contributed by atoms with Crippen molar-refractivity contribution in [2.24, 2.45) is 0 Å². The van der Waals surface area contributed by atoms with Crippen molar-refractivity contribution in [3.05, 3.63) is 71.5 Å². The highest BCUT2D eigenvalue weighted by molar-refractivity contribution is 7.80. The first-order valence-electron chi connectivity index (χ1n) is 8.21. The molecule has 0 fully saturated rings. The lowest BCUT2D eigenvalue weighted by Crippen LogP contribution is -2.36. The van der Waals surface area contributed by atoms with Gasteiger partial charge in [0.05, 0.1) is 4.99 Å². The summed E-state index contributed by atoms with van der Waals surface area (Å²) in [4.78, 5) is 12.6. The maximum atomic E-state index is 14.3. The second-order valence-corrected chi connectivity index (χ2v) is 6.78. The molecule has 5 heteroatoms. The van der Waals surface area contributed by atoms with E-state index >= 15 is 0 Å². The lowest BCUT2D eigenvalue weighted by atomic mass is 9.75. The van der Waals surface area contributed by atoms with E-state index in [0.29, 0.717) is 35.4 Å². The van der Waals surface area contributed by atoms with Gasteiger partial charge in [0, 0.05) is 24.0 Å². The molecule has 2 aromatic carbocycles. The number of carbonyl (C=O) groups is 1. The van der Waals surface area contributed by atoms with Crippen molar-refractivity contribution in [1.82, 2.24) is 5.32 Å². The summed E-state index contributed by atoms with van der Waals surface area (Å²) in [5.41, 5.74) is 0.460. The number of halogens is 1. The van der Waals surface area contributed by atoms with Crippen LogP contribution >= 0.6 is 12.2 Å². The predicted molar refractivity (Wildman–Crippen MR) is 101 cm³/mol. The first-order valence-corrected chi connectivity index (χ1v) is 8.62. The van der Waals surface area contributed by atoms with Crippen LogP contribution in [0.4, 0.5) is 4.39 Å². The molecule has 1 atom stereocenters. The van der Waals surface area contributed by atoms with E-state index < -0.39 is 5.41 Å². The van der Waals surface area contributed by atoms with Crippen molar-refractivity contribution in [1.29, 1.82) is 0 Å². The van der Waals surface area contributed by atoms with Crippen molar-refractivity contribution in [2.45, 2.75) is 31.6 Å². The zero-order chi connectivity index (χ0) is 18.3. The highest BCUT2D eigenvalue weighted by atomic mass is 32.1. The van der Waals surface area contributed by atoms with E-state index in [-0.39, 0.29) is 18.3 Å². The molecule has 0 aliphatic carbocycles. The summed E-state index contributed by atoms with van der Waals surface area (Å²) in [6, 6.07) is 15.4. The first-order chi connectivity index (χ1) is 12.0. The number of aliphatic hydroxyl groups is 1. The van der Waals surface area contributed by atoms with Crippen LogP contribution in [-0.4, -0.2) is 22.6 Å². The minimum Gasteiger partial charge on any atom is -0.396 e. The summed E-state index contributed by atoms with van der Waals surface area (Å²) < 4.78 is 14.3. The van der Waals surface area contributed by atoms with Crippen molar-refractivity contribution in [2.75, 3.05) is 6.61 Å². The minimum absolute atomic E-state index is 0.0210. The topological polar surface area (TPSA) is 49.3 Å². The van der Waals surface area contributed by atoms with Gasteiger partial charge in [-0.2, -0.15) is 0 Å². The minimum atomic E-state index is -0.602. The normalized spacial score (nSPS) is 13.1. The van der Waals surface area contributed by atoms with E-state index in [1.165, 1.54) is 6.07 Å². The molecule has 25 heavy (non-hydrogen) atoms. The van der Waals surface area contributed by atoms with E-state index in [1.54, 1.807) is 42.5 Å². The molecule has 0 aliphatic heterocycles. The van der Waals surface area contributed by atoms with Crippen LogP contribution in [0.25, 0.3) is 0 Å². The number of aliphatic hydroxyl groups excluding tert-OH is 1. The maximum Gasteiger partial charge on any atom is 0.256 e. The summed E-state index contributed by atoms with van der Waals surface area (Å²) >= 11 is 5.36. The Balaban J connectivity index is 2.15. The molecule has 0 heterocycles. The molecule has 3 nitrogen and oxygen atoms in total. The monoisotopic (exact) mass is 359 g/mol. The quantitative estimate of drug-likeness (QED) is 0.735. The highest BCUT2D eigenvalue weighted by Crippen LogP contribution is 2.34. The Morgan fingerprint density at radius 3 is 2.44 bits per heavy atom. The van der Waals surface area contributed by atoms with Crippen molar-refractivity contribution < 1.29 is 14.3 Å². The summed E-state index contributed by atoms with van der Waals surface area (Å²) in [6.45, 7) is 1.93. The molecule has 1 amide bonds. The van der Waals surface area contributed by atoms with E-state index in [2.05, 4.69) is 5.32 Å². The molecule has 2 aromatic rings. The summed E-state index contributed by atoms with van der Waals surface area (Å²) in [7, 11) is 0. The van der Waals surface area contributed by atoms with E-state index in [1.807, 2.05) is 13.0 Å². The van der Waals surface area contributed by atoms with Gasteiger partial charge in [-0.1, -0.05) is 55.5 Å². The van der Waals surface area contributed by atoms with E-state index in [0.717, 1.165) is 0 Å². The Morgan fingerprint density at radius 2 is 1.80 bits per heavy atom.